The van der Waals surface area contributed by atoms with E-state index in [0.29, 0.717) is 12.3 Å². The molecule has 0 spiro atoms. The number of anilines is 1. The first kappa shape index (κ1) is 16.4. The van der Waals surface area contributed by atoms with E-state index in [9.17, 15) is 4.79 Å². The van der Waals surface area contributed by atoms with Crippen molar-refractivity contribution in [2.75, 3.05) is 31.8 Å². The number of carbonyl (C=O) groups is 1. The van der Waals surface area contributed by atoms with Crippen LogP contribution in [0.15, 0.2) is 35.7 Å². The maximum absolute atomic E-state index is 12.2. The third kappa shape index (κ3) is 4.24. The van der Waals surface area contributed by atoms with Gasteiger partial charge in [-0.05, 0) is 17.7 Å². The zero-order valence-electron chi connectivity index (χ0n) is 13.4. The van der Waals surface area contributed by atoms with Gasteiger partial charge >= 0.3 is 0 Å². The van der Waals surface area contributed by atoms with E-state index < -0.39 is 0 Å². The second kappa shape index (κ2) is 7.31. The predicted molar refractivity (Wildman–Crippen MR) is 89.0 cm³/mol. The van der Waals surface area contributed by atoms with Gasteiger partial charge in [-0.15, -0.1) is 10.2 Å². The van der Waals surface area contributed by atoms with Gasteiger partial charge in [-0.1, -0.05) is 23.9 Å². The minimum atomic E-state index is 0.0738. The smallest absolute Gasteiger partial charge is 0.233 e. The Hall–Kier alpha value is -2.02. The Balaban J connectivity index is 1.86. The highest BCUT2D eigenvalue weighted by atomic mass is 32.2. The van der Waals surface area contributed by atoms with Gasteiger partial charge in [0.05, 0.1) is 5.75 Å². The van der Waals surface area contributed by atoms with Gasteiger partial charge in [-0.3, -0.25) is 4.79 Å². The number of aromatic nitrogens is 3. The summed E-state index contributed by atoms with van der Waals surface area (Å²) in [6, 6.07) is 8.22. The molecule has 22 heavy (non-hydrogen) atoms. The summed E-state index contributed by atoms with van der Waals surface area (Å²) >= 11 is 1.40. The summed E-state index contributed by atoms with van der Waals surface area (Å²) in [5.74, 6) is 0.434. The lowest BCUT2D eigenvalue weighted by Gasteiger charge is -2.18. The molecule has 1 aromatic carbocycles. The first-order valence-electron chi connectivity index (χ1n) is 6.94. The molecule has 0 atom stereocenters. The Kier molecular flexibility index (Phi) is 5.43. The molecule has 118 valence electrons. The lowest BCUT2D eigenvalue weighted by Crippen LogP contribution is -2.27. The molecule has 6 nitrogen and oxygen atoms in total. The average Bonchev–Trinajstić information content (AvgIpc) is 2.90. The van der Waals surface area contributed by atoms with Gasteiger partial charge in [0.1, 0.15) is 6.33 Å². The summed E-state index contributed by atoms with van der Waals surface area (Å²) in [5.41, 5.74) is 2.26. The number of hydrogen-bond donors (Lipinski definition) is 0. The van der Waals surface area contributed by atoms with Crippen LogP contribution in [0.5, 0.6) is 0 Å². The van der Waals surface area contributed by atoms with Crippen molar-refractivity contribution >= 4 is 23.4 Å². The number of benzene rings is 1. The highest BCUT2D eigenvalue weighted by molar-refractivity contribution is 7.99. The molecule has 0 aliphatic rings. The maximum atomic E-state index is 12.2. The number of amides is 1. The Morgan fingerprint density at radius 1 is 1.23 bits per heavy atom. The molecule has 0 aliphatic heterocycles. The van der Waals surface area contributed by atoms with E-state index in [1.165, 1.54) is 11.8 Å². The third-order valence-corrected chi connectivity index (χ3v) is 4.31. The fourth-order valence-corrected chi connectivity index (χ4v) is 2.73. The molecule has 1 heterocycles. The Bertz CT molecular complexity index is 623. The largest absolute Gasteiger partial charge is 0.378 e. The molecule has 1 aromatic heterocycles. The summed E-state index contributed by atoms with van der Waals surface area (Å²) in [6.07, 6.45) is 1.63. The molecule has 0 N–H and O–H groups in total. The summed E-state index contributed by atoms with van der Waals surface area (Å²) in [4.78, 5) is 16.0. The summed E-state index contributed by atoms with van der Waals surface area (Å²) < 4.78 is 1.80. The van der Waals surface area contributed by atoms with Crippen LogP contribution in [-0.2, 0) is 18.4 Å². The number of carbonyl (C=O) groups excluding carboxylic acids is 1. The summed E-state index contributed by atoms with van der Waals surface area (Å²) in [7, 11) is 7.70. The lowest BCUT2D eigenvalue weighted by atomic mass is 10.2. The monoisotopic (exact) mass is 319 g/mol. The van der Waals surface area contributed by atoms with Crippen LogP contribution in [0.25, 0.3) is 0 Å². The number of thioether (sulfide) groups is 1. The van der Waals surface area contributed by atoms with Crippen LogP contribution in [0.2, 0.25) is 0 Å². The van der Waals surface area contributed by atoms with E-state index in [2.05, 4.69) is 39.4 Å². The SMILES string of the molecule is CN(Cc1ccc(N(C)C)cc1)C(=O)CSc1nncn1C. The van der Waals surface area contributed by atoms with Gasteiger partial charge in [0.2, 0.25) is 5.91 Å². The number of aryl methyl sites for hydroxylation is 1. The van der Waals surface area contributed by atoms with Crippen LogP contribution in [0, 0.1) is 0 Å². The molecule has 0 unspecified atom stereocenters. The van der Waals surface area contributed by atoms with Crippen molar-refractivity contribution in [3.63, 3.8) is 0 Å². The van der Waals surface area contributed by atoms with Crippen molar-refractivity contribution in [2.24, 2.45) is 7.05 Å². The van der Waals surface area contributed by atoms with Gasteiger partial charge in [-0.2, -0.15) is 0 Å². The van der Waals surface area contributed by atoms with Crippen LogP contribution in [-0.4, -0.2) is 52.5 Å². The molecule has 2 rings (SSSR count). The van der Waals surface area contributed by atoms with Crippen molar-refractivity contribution < 1.29 is 4.79 Å². The highest BCUT2D eigenvalue weighted by Gasteiger charge is 2.12. The molecule has 1 amide bonds. The van der Waals surface area contributed by atoms with Gasteiger partial charge in [0.25, 0.3) is 0 Å². The van der Waals surface area contributed by atoms with Crippen LogP contribution >= 0.6 is 11.8 Å². The van der Waals surface area contributed by atoms with Crippen LogP contribution in [0.3, 0.4) is 0 Å². The van der Waals surface area contributed by atoms with Gasteiger partial charge in [0.15, 0.2) is 5.16 Å². The second-order valence-electron chi connectivity index (χ2n) is 5.32. The topological polar surface area (TPSA) is 54.3 Å². The Labute approximate surface area is 135 Å². The normalized spacial score (nSPS) is 10.5. The molecule has 0 bridgehead atoms. The van der Waals surface area contributed by atoms with Crippen molar-refractivity contribution in [2.45, 2.75) is 11.7 Å². The third-order valence-electron chi connectivity index (χ3n) is 3.29. The molecule has 0 radical (unpaired) electrons. The summed E-state index contributed by atoms with van der Waals surface area (Å²) in [5, 5.41) is 8.50. The van der Waals surface area contributed by atoms with E-state index in [-0.39, 0.29) is 5.91 Å². The van der Waals surface area contributed by atoms with E-state index in [1.807, 2.05) is 28.2 Å². The molecule has 0 aliphatic carbocycles. The zero-order chi connectivity index (χ0) is 16.1. The van der Waals surface area contributed by atoms with Gasteiger partial charge < -0.3 is 14.4 Å². The van der Waals surface area contributed by atoms with E-state index in [1.54, 1.807) is 15.8 Å². The van der Waals surface area contributed by atoms with Crippen molar-refractivity contribution in [1.29, 1.82) is 0 Å². The van der Waals surface area contributed by atoms with Crippen LogP contribution in [0.1, 0.15) is 5.56 Å². The Morgan fingerprint density at radius 3 is 2.45 bits per heavy atom. The van der Waals surface area contributed by atoms with Crippen LogP contribution in [0.4, 0.5) is 5.69 Å². The molecular formula is C15H21N5OS. The first-order valence-corrected chi connectivity index (χ1v) is 7.93. The minimum absolute atomic E-state index is 0.0738. The van der Waals surface area contributed by atoms with Crippen molar-refractivity contribution in [3.05, 3.63) is 36.2 Å². The minimum Gasteiger partial charge on any atom is -0.378 e. The fourth-order valence-electron chi connectivity index (χ4n) is 1.90. The van der Waals surface area contributed by atoms with Gasteiger partial charge in [0, 0.05) is 40.4 Å². The molecule has 0 saturated carbocycles. The number of nitrogens with zero attached hydrogens (tertiary/aromatic N) is 5. The summed E-state index contributed by atoms with van der Waals surface area (Å²) in [6.45, 7) is 0.603. The molecular weight excluding hydrogens is 298 g/mol. The number of rotatable bonds is 6. The van der Waals surface area contributed by atoms with Gasteiger partial charge in [-0.25, -0.2) is 0 Å². The molecule has 0 fully saturated rings. The van der Waals surface area contributed by atoms with Crippen molar-refractivity contribution in [3.8, 4) is 0 Å². The van der Waals surface area contributed by atoms with Crippen molar-refractivity contribution in [1.82, 2.24) is 19.7 Å². The zero-order valence-corrected chi connectivity index (χ0v) is 14.2. The second-order valence-corrected chi connectivity index (χ2v) is 6.27. The molecule has 0 saturated heterocycles. The predicted octanol–water partition coefficient (Wildman–Crippen LogP) is 1.63. The average molecular weight is 319 g/mol. The lowest BCUT2D eigenvalue weighted by molar-refractivity contribution is -0.127. The highest BCUT2D eigenvalue weighted by Crippen LogP contribution is 2.16. The molecule has 7 heteroatoms. The quantitative estimate of drug-likeness (QED) is 0.758. The first-order chi connectivity index (χ1) is 10.5. The fraction of sp³-hybridized carbons (Fsp3) is 0.400. The van der Waals surface area contributed by atoms with E-state index in [4.69, 9.17) is 0 Å². The van der Waals surface area contributed by atoms with Crippen LogP contribution < -0.4 is 4.90 Å². The maximum Gasteiger partial charge on any atom is 0.233 e. The van der Waals surface area contributed by atoms with E-state index >= 15 is 0 Å². The standard InChI is InChI=1S/C15H21N5OS/c1-18(2)13-7-5-12(6-8-13)9-19(3)14(21)10-22-15-17-16-11-20(15)4/h5-8,11H,9-10H2,1-4H3. The van der Waals surface area contributed by atoms with E-state index in [0.717, 1.165) is 16.4 Å². The Morgan fingerprint density at radius 2 is 1.91 bits per heavy atom. The molecule has 2 aromatic rings. The number of hydrogen-bond acceptors (Lipinski definition) is 5.